The van der Waals surface area contributed by atoms with Crippen molar-refractivity contribution in [1.82, 2.24) is 0 Å². The summed E-state index contributed by atoms with van der Waals surface area (Å²) in [5, 5.41) is 0. The second-order valence-electron chi connectivity index (χ2n) is 21.3. The van der Waals surface area contributed by atoms with Crippen molar-refractivity contribution in [2.24, 2.45) is 0 Å². The zero-order valence-electron chi connectivity index (χ0n) is 50.9. The molecular formula is C72H120O6. The molecule has 6 heteroatoms. The van der Waals surface area contributed by atoms with Crippen LogP contribution in [0.2, 0.25) is 0 Å². The zero-order chi connectivity index (χ0) is 56.4. The Morgan fingerprint density at radius 1 is 0.269 bits per heavy atom. The van der Waals surface area contributed by atoms with Gasteiger partial charge in [-0.25, -0.2) is 0 Å². The molecular weight excluding hydrogens is 961 g/mol. The second kappa shape index (κ2) is 65.3. The number of allylic oxidation sites excluding steroid dienone is 20. The molecule has 0 aromatic carbocycles. The van der Waals surface area contributed by atoms with Crippen LogP contribution in [0, 0.1) is 0 Å². The third-order valence-corrected chi connectivity index (χ3v) is 13.7. The van der Waals surface area contributed by atoms with Gasteiger partial charge >= 0.3 is 17.9 Å². The van der Waals surface area contributed by atoms with Crippen LogP contribution in [-0.2, 0) is 28.6 Å². The van der Waals surface area contributed by atoms with Gasteiger partial charge in [0.2, 0.25) is 0 Å². The van der Waals surface area contributed by atoms with E-state index in [0.717, 1.165) is 128 Å². The number of carbonyl (C=O) groups is 3. The van der Waals surface area contributed by atoms with E-state index in [1.54, 1.807) is 0 Å². The molecule has 0 fully saturated rings. The van der Waals surface area contributed by atoms with Crippen molar-refractivity contribution >= 4 is 17.9 Å². The number of unbranched alkanes of at least 4 members (excludes halogenated alkanes) is 27. The van der Waals surface area contributed by atoms with Crippen molar-refractivity contribution < 1.29 is 28.6 Å². The van der Waals surface area contributed by atoms with Crippen LogP contribution in [0.4, 0.5) is 0 Å². The maximum atomic E-state index is 12.9. The topological polar surface area (TPSA) is 78.9 Å². The highest BCUT2D eigenvalue weighted by Crippen LogP contribution is 2.16. The number of rotatable bonds is 58. The molecule has 0 rings (SSSR count). The molecule has 1 unspecified atom stereocenters. The van der Waals surface area contributed by atoms with Crippen LogP contribution in [0.5, 0.6) is 0 Å². The Bertz CT molecular complexity index is 1620. The molecule has 78 heavy (non-hydrogen) atoms. The van der Waals surface area contributed by atoms with Gasteiger partial charge in [-0.2, -0.15) is 0 Å². The van der Waals surface area contributed by atoms with E-state index < -0.39 is 6.10 Å². The van der Waals surface area contributed by atoms with E-state index in [1.807, 2.05) is 0 Å². The van der Waals surface area contributed by atoms with Crippen LogP contribution in [0.1, 0.15) is 297 Å². The van der Waals surface area contributed by atoms with Gasteiger partial charge in [0.25, 0.3) is 0 Å². The van der Waals surface area contributed by atoms with Crippen LogP contribution in [0.15, 0.2) is 122 Å². The standard InChI is InChI=1S/C72H120O6/c1-4-7-10-13-16-19-22-25-28-31-33-34-35-36-37-38-40-41-44-47-50-53-56-59-62-65-71(74)77-68-69(67-76-70(73)64-61-58-55-52-49-46-43-30-27-24-21-18-15-12-9-6-3)78-72(75)66-63-60-57-54-51-48-45-42-39-32-29-26-23-20-17-14-11-8-5-2/h7-8,10-11,16-17,19-20,25-26,28-30,33-34,39,42-43,48,51,69H,4-6,9,12-15,18,21-24,27,31-32,35-38,40-41,44-47,49-50,52-68H2,1-3H3/b10-7-,11-8-,19-16-,20-17-,28-25-,29-26-,34-33-,42-39-,43-30-,51-48-. The van der Waals surface area contributed by atoms with Crippen molar-refractivity contribution in [3.05, 3.63) is 122 Å². The molecule has 0 aliphatic heterocycles. The fraction of sp³-hybridized carbons (Fsp3) is 0.681. The van der Waals surface area contributed by atoms with Crippen molar-refractivity contribution in [2.45, 2.75) is 303 Å². The van der Waals surface area contributed by atoms with Crippen LogP contribution in [0.3, 0.4) is 0 Å². The summed E-state index contributed by atoms with van der Waals surface area (Å²) in [6.07, 6.45) is 90.6. The molecule has 0 aliphatic rings. The van der Waals surface area contributed by atoms with Crippen molar-refractivity contribution in [3.63, 3.8) is 0 Å². The number of ether oxygens (including phenoxy) is 3. The summed E-state index contributed by atoms with van der Waals surface area (Å²) in [5.74, 6) is -0.933. The summed E-state index contributed by atoms with van der Waals surface area (Å²) in [5.41, 5.74) is 0. The Balaban J connectivity index is 4.41. The normalized spacial score (nSPS) is 12.9. The number of hydrogen-bond donors (Lipinski definition) is 0. The fourth-order valence-electron chi connectivity index (χ4n) is 8.87. The van der Waals surface area contributed by atoms with Gasteiger partial charge in [-0.15, -0.1) is 0 Å². The molecule has 0 bridgehead atoms. The van der Waals surface area contributed by atoms with E-state index >= 15 is 0 Å². The average molecular weight is 1080 g/mol. The third-order valence-electron chi connectivity index (χ3n) is 13.7. The van der Waals surface area contributed by atoms with Gasteiger partial charge in [0, 0.05) is 19.3 Å². The highest BCUT2D eigenvalue weighted by atomic mass is 16.6. The minimum Gasteiger partial charge on any atom is -0.462 e. The lowest BCUT2D eigenvalue weighted by Gasteiger charge is -2.18. The quantitative estimate of drug-likeness (QED) is 0.0261. The molecule has 0 aliphatic carbocycles. The minimum atomic E-state index is -0.804. The van der Waals surface area contributed by atoms with Gasteiger partial charge in [-0.3, -0.25) is 14.4 Å². The van der Waals surface area contributed by atoms with Crippen molar-refractivity contribution in [2.75, 3.05) is 13.2 Å². The monoisotopic (exact) mass is 1080 g/mol. The van der Waals surface area contributed by atoms with E-state index in [0.29, 0.717) is 12.8 Å². The molecule has 0 N–H and O–H groups in total. The average Bonchev–Trinajstić information content (AvgIpc) is 3.44. The zero-order valence-corrected chi connectivity index (χ0v) is 50.9. The van der Waals surface area contributed by atoms with E-state index in [9.17, 15) is 14.4 Å². The highest BCUT2D eigenvalue weighted by molar-refractivity contribution is 5.71. The van der Waals surface area contributed by atoms with Gasteiger partial charge in [-0.1, -0.05) is 271 Å². The van der Waals surface area contributed by atoms with Crippen molar-refractivity contribution in [3.8, 4) is 0 Å². The van der Waals surface area contributed by atoms with Gasteiger partial charge in [0.05, 0.1) is 0 Å². The van der Waals surface area contributed by atoms with Crippen molar-refractivity contribution in [1.29, 1.82) is 0 Å². The summed E-state index contributed by atoms with van der Waals surface area (Å²) in [6, 6.07) is 0. The van der Waals surface area contributed by atoms with Gasteiger partial charge < -0.3 is 14.2 Å². The molecule has 0 aromatic rings. The first-order valence-corrected chi connectivity index (χ1v) is 32.5. The van der Waals surface area contributed by atoms with E-state index in [-0.39, 0.29) is 37.5 Å². The number of hydrogen-bond acceptors (Lipinski definition) is 6. The lowest BCUT2D eigenvalue weighted by Crippen LogP contribution is -2.30. The summed E-state index contributed by atoms with van der Waals surface area (Å²) < 4.78 is 16.9. The first kappa shape index (κ1) is 73.8. The van der Waals surface area contributed by atoms with E-state index in [1.165, 1.54) is 128 Å². The van der Waals surface area contributed by atoms with E-state index in [4.69, 9.17) is 14.2 Å². The lowest BCUT2D eigenvalue weighted by atomic mass is 10.0. The summed E-state index contributed by atoms with van der Waals surface area (Å²) in [6.45, 7) is 6.40. The predicted molar refractivity (Wildman–Crippen MR) is 339 cm³/mol. The first-order valence-electron chi connectivity index (χ1n) is 32.5. The maximum Gasteiger partial charge on any atom is 0.306 e. The van der Waals surface area contributed by atoms with Crippen LogP contribution in [-0.4, -0.2) is 37.2 Å². The molecule has 0 saturated heterocycles. The Morgan fingerprint density at radius 2 is 0.500 bits per heavy atom. The lowest BCUT2D eigenvalue weighted by molar-refractivity contribution is -0.167. The molecule has 0 saturated carbocycles. The maximum absolute atomic E-state index is 12.9. The molecule has 6 nitrogen and oxygen atoms in total. The number of carbonyl (C=O) groups excluding carboxylic acids is 3. The molecule has 0 spiro atoms. The van der Waals surface area contributed by atoms with Gasteiger partial charge in [0.1, 0.15) is 13.2 Å². The summed E-state index contributed by atoms with van der Waals surface area (Å²) >= 11 is 0. The first-order chi connectivity index (χ1) is 38.5. The molecule has 0 radical (unpaired) electrons. The fourth-order valence-corrected chi connectivity index (χ4v) is 8.87. The SMILES string of the molecule is CC/C=C\C/C=C\C/C=C\C/C=C\C/C=C\CCCCCC(=O)OC(COC(=O)CCCCCCC/C=C\CCCCCCCCC)COC(=O)CCCCCCCCCCCCCC/C=C\C/C=C\C/C=C\C/C=C\CC. The molecule has 1 atom stereocenters. The Kier molecular flexibility index (Phi) is 61.8. The second-order valence-corrected chi connectivity index (χ2v) is 21.3. The van der Waals surface area contributed by atoms with E-state index in [2.05, 4.69) is 142 Å². The molecule has 0 amide bonds. The highest BCUT2D eigenvalue weighted by Gasteiger charge is 2.19. The van der Waals surface area contributed by atoms with Crippen LogP contribution >= 0.6 is 0 Å². The Labute approximate surface area is 482 Å². The summed E-state index contributed by atoms with van der Waals surface area (Å²) in [4.78, 5) is 38.4. The minimum absolute atomic E-state index is 0.0965. The van der Waals surface area contributed by atoms with Gasteiger partial charge in [0.15, 0.2) is 6.10 Å². The molecule has 0 aromatic heterocycles. The Morgan fingerprint density at radius 3 is 0.808 bits per heavy atom. The number of esters is 3. The largest absolute Gasteiger partial charge is 0.462 e. The molecule has 0 heterocycles. The molecule has 444 valence electrons. The smallest absolute Gasteiger partial charge is 0.306 e. The van der Waals surface area contributed by atoms with Gasteiger partial charge in [-0.05, 0) is 128 Å². The third kappa shape index (κ3) is 62.7. The Hall–Kier alpha value is -4.19. The summed E-state index contributed by atoms with van der Waals surface area (Å²) in [7, 11) is 0. The van der Waals surface area contributed by atoms with Crippen LogP contribution in [0.25, 0.3) is 0 Å². The predicted octanol–water partition coefficient (Wildman–Crippen LogP) is 22.4. The van der Waals surface area contributed by atoms with Crippen LogP contribution < -0.4 is 0 Å².